The first-order chi connectivity index (χ1) is 8.88. The fraction of sp³-hybridized carbons (Fsp3) is 0.0667. The molecule has 0 aliphatic heterocycles. The third-order valence-corrected chi connectivity index (χ3v) is 3.09. The van der Waals surface area contributed by atoms with Gasteiger partial charge in [0.2, 0.25) is 0 Å². The van der Waals surface area contributed by atoms with Crippen LogP contribution in [0.3, 0.4) is 0 Å². The number of rotatable bonds is 3. The summed E-state index contributed by atoms with van der Waals surface area (Å²) in [4.78, 5) is 15.3. The number of benzene rings is 2. The molecule has 0 bridgehead atoms. The Kier molecular flexibility index (Phi) is 2.65. The van der Waals surface area contributed by atoms with Crippen molar-refractivity contribution in [1.29, 1.82) is 0 Å². The van der Waals surface area contributed by atoms with Gasteiger partial charge in [-0.3, -0.25) is 0 Å². The largest absolute Gasteiger partial charge is 0.323 e. The molecule has 3 heteroatoms. The second kappa shape index (κ2) is 4.45. The van der Waals surface area contributed by atoms with Crippen molar-refractivity contribution in [3.05, 3.63) is 66.7 Å². The lowest BCUT2D eigenvalue weighted by atomic mass is 10.0. The summed E-state index contributed by atoms with van der Waals surface area (Å²) in [6, 6.07) is 13.9. The van der Waals surface area contributed by atoms with E-state index < -0.39 is 0 Å². The molecule has 3 rings (SSSR count). The van der Waals surface area contributed by atoms with E-state index in [1.807, 2.05) is 24.3 Å². The first-order valence-corrected chi connectivity index (χ1v) is 5.80. The molecule has 0 saturated heterocycles. The number of hydrogen-bond donors (Lipinski definition) is 0. The molecule has 1 atom stereocenters. The van der Waals surface area contributed by atoms with Gasteiger partial charge in [-0.05, 0) is 22.4 Å². The zero-order valence-electron chi connectivity index (χ0n) is 9.73. The summed E-state index contributed by atoms with van der Waals surface area (Å²) in [5.41, 5.74) is 0.974. The molecule has 18 heavy (non-hydrogen) atoms. The Morgan fingerprint density at radius 2 is 1.94 bits per heavy atom. The molecule has 0 radical (unpaired) electrons. The third-order valence-electron chi connectivity index (χ3n) is 3.09. The average molecular weight is 236 g/mol. The van der Waals surface area contributed by atoms with E-state index >= 15 is 0 Å². The zero-order chi connectivity index (χ0) is 12.4. The molecule has 0 aliphatic rings. The Bertz CT molecular complexity index is 674. The Labute approximate surface area is 105 Å². The standard InChI is InChI=1S/C15H12N2O/c18-10-15(17-8-7-16-11-17)14-6-5-12-3-1-2-4-13(12)9-14/h1-11,15H. The van der Waals surface area contributed by atoms with Crippen LogP contribution in [0.2, 0.25) is 0 Å². The molecular formula is C15H12N2O. The van der Waals surface area contributed by atoms with Crippen LogP contribution in [0.4, 0.5) is 0 Å². The SMILES string of the molecule is O=CC(c1ccc2ccccc2c1)n1ccnc1. The van der Waals surface area contributed by atoms with Crippen molar-refractivity contribution in [2.75, 3.05) is 0 Å². The molecule has 0 spiro atoms. The number of nitrogens with zero attached hydrogens (tertiary/aromatic N) is 2. The van der Waals surface area contributed by atoms with Gasteiger partial charge in [-0.1, -0.05) is 36.4 Å². The quantitative estimate of drug-likeness (QED) is 0.655. The third kappa shape index (κ3) is 1.80. The Morgan fingerprint density at radius 3 is 2.67 bits per heavy atom. The van der Waals surface area contributed by atoms with Crippen LogP contribution < -0.4 is 0 Å². The molecule has 3 aromatic rings. The van der Waals surface area contributed by atoms with Crippen molar-refractivity contribution in [2.45, 2.75) is 6.04 Å². The highest BCUT2D eigenvalue weighted by molar-refractivity contribution is 5.84. The molecule has 0 fully saturated rings. The van der Waals surface area contributed by atoms with Crippen molar-refractivity contribution in [3.8, 4) is 0 Å². The van der Waals surface area contributed by atoms with E-state index in [1.165, 1.54) is 5.39 Å². The molecule has 1 unspecified atom stereocenters. The van der Waals surface area contributed by atoms with Crippen molar-refractivity contribution in [2.24, 2.45) is 0 Å². The molecule has 1 aromatic heterocycles. The van der Waals surface area contributed by atoms with Crippen LogP contribution in [-0.2, 0) is 4.79 Å². The second-order valence-corrected chi connectivity index (χ2v) is 4.20. The maximum atomic E-state index is 11.3. The number of hydrogen-bond acceptors (Lipinski definition) is 2. The number of imidazole rings is 1. The Balaban J connectivity index is 2.10. The highest BCUT2D eigenvalue weighted by Crippen LogP contribution is 2.21. The van der Waals surface area contributed by atoms with Gasteiger partial charge in [0.1, 0.15) is 12.3 Å². The Hall–Kier alpha value is -2.42. The second-order valence-electron chi connectivity index (χ2n) is 4.20. The van der Waals surface area contributed by atoms with E-state index in [4.69, 9.17) is 0 Å². The van der Waals surface area contributed by atoms with E-state index in [9.17, 15) is 4.79 Å². The van der Waals surface area contributed by atoms with Gasteiger partial charge >= 0.3 is 0 Å². The van der Waals surface area contributed by atoms with Crippen LogP contribution in [0, 0.1) is 0 Å². The lowest BCUT2D eigenvalue weighted by Gasteiger charge is -2.12. The predicted molar refractivity (Wildman–Crippen MR) is 70.4 cm³/mol. The normalized spacial score (nSPS) is 12.4. The van der Waals surface area contributed by atoms with Crippen molar-refractivity contribution < 1.29 is 4.79 Å². The lowest BCUT2D eigenvalue weighted by Crippen LogP contribution is -2.09. The van der Waals surface area contributed by atoms with Crippen LogP contribution >= 0.6 is 0 Å². The lowest BCUT2D eigenvalue weighted by molar-refractivity contribution is -0.109. The van der Waals surface area contributed by atoms with Gasteiger partial charge in [-0.25, -0.2) is 4.98 Å². The van der Waals surface area contributed by atoms with Gasteiger partial charge in [0, 0.05) is 12.4 Å². The van der Waals surface area contributed by atoms with Crippen LogP contribution in [0.1, 0.15) is 11.6 Å². The molecule has 0 saturated carbocycles. The van der Waals surface area contributed by atoms with E-state index in [0.717, 1.165) is 17.2 Å². The fourth-order valence-corrected chi connectivity index (χ4v) is 2.15. The summed E-state index contributed by atoms with van der Waals surface area (Å²) < 4.78 is 1.80. The van der Waals surface area contributed by atoms with E-state index in [-0.39, 0.29) is 6.04 Å². The molecule has 3 nitrogen and oxygen atoms in total. The average Bonchev–Trinajstić information content (AvgIpc) is 2.93. The smallest absolute Gasteiger partial charge is 0.147 e. The molecule has 1 heterocycles. The molecule has 0 aliphatic carbocycles. The summed E-state index contributed by atoms with van der Waals surface area (Å²) >= 11 is 0. The molecular weight excluding hydrogens is 224 g/mol. The summed E-state index contributed by atoms with van der Waals surface area (Å²) in [6.07, 6.45) is 6.08. The monoisotopic (exact) mass is 236 g/mol. The van der Waals surface area contributed by atoms with E-state index in [0.29, 0.717) is 0 Å². The predicted octanol–water partition coefficient (Wildman–Crippen LogP) is 2.82. The first-order valence-electron chi connectivity index (χ1n) is 5.80. The Morgan fingerprint density at radius 1 is 1.11 bits per heavy atom. The number of carbonyl (C=O) groups is 1. The maximum absolute atomic E-state index is 11.3. The molecule has 0 N–H and O–H groups in total. The molecule has 2 aromatic carbocycles. The van der Waals surface area contributed by atoms with E-state index in [1.54, 1.807) is 23.3 Å². The van der Waals surface area contributed by atoms with Gasteiger partial charge in [0.05, 0.1) is 6.33 Å². The number of fused-ring (bicyclic) bond motifs is 1. The number of carbonyl (C=O) groups excluding carboxylic acids is 1. The summed E-state index contributed by atoms with van der Waals surface area (Å²) in [7, 11) is 0. The minimum absolute atomic E-state index is 0.308. The van der Waals surface area contributed by atoms with Crippen molar-refractivity contribution in [3.63, 3.8) is 0 Å². The summed E-state index contributed by atoms with van der Waals surface area (Å²) in [6.45, 7) is 0. The molecule has 88 valence electrons. The van der Waals surface area contributed by atoms with Crippen LogP contribution in [0.25, 0.3) is 10.8 Å². The van der Waals surface area contributed by atoms with E-state index in [2.05, 4.69) is 23.2 Å². The van der Waals surface area contributed by atoms with Gasteiger partial charge in [-0.2, -0.15) is 0 Å². The van der Waals surface area contributed by atoms with Gasteiger partial charge in [-0.15, -0.1) is 0 Å². The van der Waals surface area contributed by atoms with Crippen molar-refractivity contribution >= 4 is 17.1 Å². The van der Waals surface area contributed by atoms with Gasteiger partial charge in [0.25, 0.3) is 0 Å². The molecule has 0 amide bonds. The maximum Gasteiger partial charge on any atom is 0.147 e. The van der Waals surface area contributed by atoms with Gasteiger partial charge in [0.15, 0.2) is 0 Å². The minimum atomic E-state index is -0.308. The van der Waals surface area contributed by atoms with Crippen LogP contribution in [0.15, 0.2) is 61.2 Å². The van der Waals surface area contributed by atoms with Crippen LogP contribution in [-0.4, -0.2) is 15.8 Å². The fourth-order valence-electron chi connectivity index (χ4n) is 2.15. The number of aromatic nitrogens is 2. The minimum Gasteiger partial charge on any atom is -0.323 e. The topological polar surface area (TPSA) is 34.9 Å². The van der Waals surface area contributed by atoms with Crippen LogP contribution in [0.5, 0.6) is 0 Å². The highest BCUT2D eigenvalue weighted by Gasteiger charge is 2.11. The zero-order valence-corrected chi connectivity index (χ0v) is 9.73. The van der Waals surface area contributed by atoms with Crippen molar-refractivity contribution in [1.82, 2.24) is 9.55 Å². The van der Waals surface area contributed by atoms with Gasteiger partial charge < -0.3 is 9.36 Å². The summed E-state index contributed by atoms with van der Waals surface area (Å²) in [5, 5.41) is 2.32. The highest BCUT2D eigenvalue weighted by atomic mass is 16.1. The first kappa shape index (κ1) is 10.7. The summed E-state index contributed by atoms with van der Waals surface area (Å²) in [5.74, 6) is 0. The number of aldehydes is 1.